The van der Waals surface area contributed by atoms with Gasteiger partial charge in [0, 0.05) is 6.54 Å². The quantitative estimate of drug-likeness (QED) is 0.875. The third-order valence-corrected chi connectivity index (χ3v) is 2.84. The lowest BCUT2D eigenvalue weighted by Gasteiger charge is -2.20. The van der Waals surface area contributed by atoms with Crippen LogP contribution in [0.3, 0.4) is 0 Å². The highest BCUT2D eigenvalue weighted by Gasteiger charge is 2.34. The van der Waals surface area contributed by atoms with Gasteiger partial charge < -0.3 is 10.1 Å². The van der Waals surface area contributed by atoms with Crippen molar-refractivity contribution in [3.8, 4) is 5.75 Å². The minimum atomic E-state index is -4.40. The molecule has 0 bridgehead atoms. The molecular formula is C15H22F3NO. The van der Waals surface area contributed by atoms with Gasteiger partial charge >= 0.3 is 6.18 Å². The Morgan fingerprint density at radius 1 is 1.15 bits per heavy atom. The second-order valence-electron chi connectivity index (χ2n) is 6.02. The van der Waals surface area contributed by atoms with Gasteiger partial charge in [0.2, 0.25) is 0 Å². The van der Waals surface area contributed by atoms with Crippen LogP contribution < -0.4 is 10.1 Å². The van der Waals surface area contributed by atoms with Gasteiger partial charge in [-0.3, -0.25) is 0 Å². The maximum atomic E-state index is 13.0. The maximum absolute atomic E-state index is 13.0. The van der Waals surface area contributed by atoms with Crippen molar-refractivity contribution in [2.75, 3.05) is 13.7 Å². The fourth-order valence-corrected chi connectivity index (χ4v) is 1.71. The Morgan fingerprint density at radius 3 is 2.30 bits per heavy atom. The van der Waals surface area contributed by atoms with Gasteiger partial charge in [0.1, 0.15) is 5.75 Å². The Balaban J connectivity index is 2.89. The highest BCUT2D eigenvalue weighted by Crippen LogP contribution is 2.37. The van der Waals surface area contributed by atoms with Gasteiger partial charge in [-0.1, -0.05) is 26.8 Å². The number of benzene rings is 1. The van der Waals surface area contributed by atoms with Gasteiger partial charge in [-0.25, -0.2) is 0 Å². The Bertz CT molecular complexity index is 436. The Hall–Kier alpha value is -1.23. The first-order chi connectivity index (χ1) is 9.13. The third kappa shape index (κ3) is 5.41. The summed E-state index contributed by atoms with van der Waals surface area (Å²) < 4.78 is 44.4. The highest BCUT2D eigenvalue weighted by atomic mass is 19.4. The molecule has 2 nitrogen and oxygen atoms in total. The summed E-state index contributed by atoms with van der Waals surface area (Å²) in [5.74, 6) is -0.0957. The topological polar surface area (TPSA) is 21.3 Å². The molecular weight excluding hydrogens is 267 g/mol. The van der Waals surface area contributed by atoms with Gasteiger partial charge in [-0.05, 0) is 36.6 Å². The average molecular weight is 289 g/mol. The molecule has 114 valence electrons. The molecule has 5 heteroatoms. The maximum Gasteiger partial charge on any atom is 0.419 e. The number of alkyl halides is 3. The number of hydrogen-bond donors (Lipinski definition) is 1. The Kier molecular flexibility index (Phi) is 5.45. The number of rotatable bonds is 5. The predicted molar refractivity (Wildman–Crippen MR) is 73.8 cm³/mol. The van der Waals surface area contributed by atoms with Crippen LogP contribution in [0.4, 0.5) is 13.2 Å². The van der Waals surface area contributed by atoms with Crippen LogP contribution >= 0.6 is 0 Å². The fourth-order valence-electron chi connectivity index (χ4n) is 1.71. The second-order valence-corrected chi connectivity index (χ2v) is 6.02. The van der Waals surface area contributed by atoms with E-state index in [1.54, 1.807) is 13.1 Å². The molecule has 1 N–H and O–H groups in total. The minimum Gasteiger partial charge on any atom is -0.493 e. The molecule has 0 fully saturated rings. The summed E-state index contributed by atoms with van der Waals surface area (Å²) in [6.45, 7) is 6.74. The summed E-state index contributed by atoms with van der Waals surface area (Å²) in [6.07, 6.45) is -3.70. The zero-order valence-electron chi connectivity index (χ0n) is 12.4. The Morgan fingerprint density at radius 2 is 1.80 bits per heavy atom. The predicted octanol–water partition coefficient (Wildman–Crippen LogP) is 4.24. The van der Waals surface area contributed by atoms with Gasteiger partial charge in [0.25, 0.3) is 0 Å². The summed E-state index contributed by atoms with van der Waals surface area (Å²) in [5, 5.41) is 2.84. The van der Waals surface area contributed by atoms with Crippen molar-refractivity contribution in [1.82, 2.24) is 5.32 Å². The molecule has 0 atom stereocenters. The molecule has 1 aromatic carbocycles. The van der Waals surface area contributed by atoms with E-state index in [0.717, 1.165) is 6.07 Å². The fraction of sp³-hybridized carbons (Fsp3) is 0.600. The first-order valence-electron chi connectivity index (χ1n) is 6.61. The molecule has 0 aromatic heterocycles. The lowest BCUT2D eigenvalue weighted by molar-refractivity contribution is -0.139. The van der Waals surface area contributed by atoms with Gasteiger partial charge in [0.05, 0.1) is 12.2 Å². The first kappa shape index (κ1) is 16.8. The monoisotopic (exact) mass is 289 g/mol. The van der Waals surface area contributed by atoms with E-state index >= 15 is 0 Å². The van der Waals surface area contributed by atoms with Gasteiger partial charge in [-0.2, -0.15) is 13.2 Å². The molecule has 1 aromatic rings. The lowest BCUT2D eigenvalue weighted by Crippen LogP contribution is -2.15. The summed E-state index contributed by atoms with van der Waals surface area (Å²) in [4.78, 5) is 0. The van der Waals surface area contributed by atoms with Crippen LogP contribution in [0.1, 0.15) is 38.3 Å². The molecule has 20 heavy (non-hydrogen) atoms. The zero-order valence-corrected chi connectivity index (χ0v) is 12.4. The van der Waals surface area contributed by atoms with E-state index in [9.17, 15) is 13.2 Å². The van der Waals surface area contributed by atoms with E-state index in [4.69, 9.17) is 4.74 Å². The molecule has 1 rings (SSSR count). The van der Waals surface area contributed by atoms with Crippen molar-refractivity contribution in [2.24, 2.45) is 5.41 Å². The van der Waals surface area contributed by atoms with E-state index in [0.29, 0.717) is 18.5 Å². The summed E-state index contributed by atoms with van der Waals surface area (Å²) in [5.41, 5.74) is -0.0908. The molecule has 0 unspecified atom stereocenters. The van der Waals surface area contributed by atoms with Crippen molar-refractivity contribution in [3.05, 3.63) is 29.3 Å². The zero-order chi connectivity index (χ0) is 15.4. The number of halogens is 3. The van der Waals surface area contributed by atoms with Crippen LogP contribution in [0.15, 0.2) is 18.2 Å². The Labute approximate surface area is 118 Å². The van der Waals surface area contributed by atoms with E-state index in [1.165, 1.54) is 6.07 Å². The van der Waals surface area contributed by atoms with Crippen molar-refractivity contribution >= 4 is 0 Å². The van der Waals surface area contributed by atoms with Crippen LogP contribution in [-0.2, 0) is 12.7 Å². The standard InChI is InChI=1S/C15H22F3NO/c1-14(2,3)7-8-20-13-6-5-11(10-19-4)9-12(13)15(16,17)18/h5-6,9,19H,7-8,10H2,1-4H3. The summed E-state index contributed by atoms with van der Waals surface area (Å²) >= 11 is 0. The van der Waals surface area contributed by atoms with Crippen molar-refractivity contribution in [2.45, 2.75) is 39.9 Å². The third-order valence-electron chi connectivity index (χ3n) is 2.84. The lowest BCUT2D eigenvalue weighted by atomic mass is 9.93. The van der Waals surface area contributed by atoms with Crippen molar-refractivity contribution < 1.29 is 17.9 Å². The number of ether oxygens (including phenoxy) is 1. The van der Waals surface area contributed by atoms with E-state index in [1.807, 2.05) is 20.8 Å². The number of hydrogen-bond acceptors (Lipinski definition) is 2. The molecule has 0 amide bonds. The summed E-state index contributed by atoms with van der Waals surface area (Å²) in [7, 11) is 1.70. The van der Waals surface area contributed by atoms with Crippen molar-refractivity contribution in [3.63, 3.8) is 0 Å². The highest BCUT2D eigenvalue weighted by molar-refractivity contribution is 5.39. The van der Waals surface area contributed by atoms with Gasteiger partial charge in [-0.15, -0.1) is 0 Å². The molecule has 0 aliphatic heterocycles. The van der Waals surface area contributed by atoms with Crippen LogP contribution in [0.25, 0.3) is 0 Å². The van der Waals surface area contributed by atoms with Crippen LogP contribution in [0.2, 0.25) is 0 Å². The van der Waals surface area contributed by atoms with Crippen LogP contribution in [0, 0.1) is 5.41 Å². The molecule has 0 aliphatic rings. The van der Waals surface area contributed by atoms with E-state index < -0.39 is 11.7 Å². The first-order valence-corrected chi connectivity index (χ1v) is 6.61. The smallest absolute Gasteiger partial charge is 0.419 e. The van der Waals surface area contributed by atoms with Crippen LogP contribution in [-0.4, -0.2) is 13.7 Å². The normalized spacial score (nSPS) is 12.6. The molecule has 0 saturated heterocycles. The van der Waals surface area contributed by atoms with Crippen molar-refractivity contribution in [1.29, 1.82) is 0 Å². The van der Waals surface area contributed by atoms with E-state index in [2.05, 4.69) is 5.32 Å². The average Bonchev–Trinajstić information content (AvgIpc) is 2.28. The summed E-state index contributed by atoms with van der Waals surface area (Å²) in [6, 6.07) is 4.19. The molecule has 0 aliphatic carbocycles. The molecule has 0 spiro atoms. The number of nitrogens with one attached hydrogen (secondary N) is 1. The SMILES string of the molecule is CNCc1ccc(OCCC(C)(C)C)c(C(F)(F)F)c1. The second kappa shape index (κ2) is 6.48. The largest absolute Gasteiger partial charge is 0.493 e. The van der Waals surface area contributed by atoms with E-state index in [-0.39, 0.29) is 17.8 Å². The minimum absolute atomic E-state index is 0.0322. The molecule has 0 saturated carbocycles. The van der Waals surface area contributed by atoms with Gasteiger partial charge in [0.15, 0.2) is 0 Å². The molecule has 0 radical (unpaired) electrons. The molecule has 0 heterocycles. The van der Waals surface area contributed by atoms with Crippen LogP contribution in [0.5, 0.6) is 5.75 Å².